The van der Waals surface area contributed by atoms with Gasteiger partial charge in [-0.2, -0.15) is 0 Å². The second-order valence-corrected chi connectivity index (χ2v) is 5.46. The van der Waals surface area contributed by atoms with E-state index in [0.29, 0.717) is 11.9 Å². The molecule has 1 amide bonds. The number of hydrogen-bond acceptors (Lipinski definition) is 1. The Hall–Kier alpha value is -1.31. The van der Waals surface area contributed by atoms with E-state index in [-0.39, 0.29) is 5.92 Å². The van der Waals surface area contributed by atoms with E-state index < -0.39 is 0 Å². The third kappa shape index (κ3) is 3.17. The van der Waals surface area contributed by atoms with Gasteiger partial charge in [0, 0.05) is 12.6 Å². The molecule has 2 nitrogen and oxygen atoms in total. The highest BCUT2D eigenvalue weighted by Gasteiger charge is 2.30. The van der Waals surface area contributed by atoms with Crippen LogP contribution in [0.2, 0.25) is 0 Å². The van der Waals surface area contributed by atoms with Crippen LogP contribution >= 0.6 is 0 Å². The summed E-state index contributed by atoms with van der Waals surface area (Å²) in [6.45, 7) is 5.25. The van der Waals surface area contributed by atoms with Crippen molar-refractivity contribution >= 4 is 5.91 Å². The lowest BCUT2D eigenvalue weighted by atomic mass is 9.92. The quantitative estimate of drug-likeness (QED) is 0.801. The zero-order valence-corrected chi connectivity index (χ0v) is 12.1. The van der Waals surface area contributed by atoms with Crippen molar-refractivity contribution in [1.29, 1.82) is 0 Å². The first-order valence-corrected chi connectivity index (χ1v) is 7.63. The van der Waals surface area contributed by atoms with E-state index in [2.05, 4.69) is 30.9 Å². The molecule has 0 aromatic heterocycles. The van der Waals surface area contributed by atoms with Gasteiger partial charge in [-0.1, -0.05) is 44.2 Å². The molecule has 19 heavy (non-hydrogen) atoms. The van der Waals surface area contributed by atoms with Crippen molar-refractivity contribution in [3.63, 3.8) is 0 Å². The van der Waals surface area contributed by atoms with Crippen LogP contribution in [-0.2, 0) is 4.79 Å². The van der Waals surface area contributed by atoms with E-state index in [4.69, 9.17) is 0 Å². The fourth-order valence-electron chi connectivity index (χ4n) is 3.15. The van der Waals surface area contributed by atoms with E-state index in [1.807, 2.05) is 18.2 Å². The van der Waals surface area contributed by atoms with Crippen molar-refractivity contribution in [2.24, 2.45) is 0 Å². The van der Waals surface area contributed by atoms with Crippen LogP contribution < -0.4 is 0 Å². The van der Waals surface area contributed by atoms with Crippen LogP contribution in [0.4, 0.5) is 0 Å². The first kappa shape index (κ1) is 14.1. The lowest BCUT2D eigenvalue weighted by molar-refractivity contribution is -0.136. The molecule has 2 heteroatoms. The molecule has 0 radical (unpaired) electrons. The molecule has 104 valence electrons. The normalized spacial score (nSPS) is 21.2. The molecule has 0 aliphatic carbocycles. The number of amides is 1. The van der Waals surface area contributed by atoms with Gasteiger partial charge in [0.15, 0.2) is 0 Å². The Balaban J connectivity index is 2.16. The molecule has 1 heterocycles. The predicted molar refractivity (Wildman–Crippen MR) is 79.1 cm³/mol. The van der Waals surface area contributed by atoms with Crippen molar-refractivity contribution in [3.8, 4) is 0 Å². The first-order valence-electron chi connectivity index (χ1n) is 7.63. The Morgan fingerprint density at radius 2 is 2.00 bits per heavy atom. The number of benzene rings is 1. The summed E-state index contributed by atoms with van der Waals surface area (Å²) in [5.41, 5.74) is 1.16. The molecule has 1 aromatic carbocycles. The van der Waals surface area contributed by atoms with Crippen LogP contribution in [0.15, 0.2) is 30.3 Å². The fraction of sp³-hybridized carbons (Fsp3) is 0.588. The predicted octanol–water partition coefficient (Wildman–Crippen LogP) is 3.97. The third-order valence-corrected chi connectivity index (χ3v) is 4.29. The number of rotatable bonds is 4. The Bertz CT molecular complexity index is 401. The molecular weight excluding hydrogens is 234 g/mol. The molecule has 1 aliphatic heterocycles. The Labute approximate surface area is 116 Å². The van der Waals surface area contributed by atoms with Gasteiger partial charge < -0.3 is 4.90 Å². The minimum Gasteiger partial charge on any atom is -0.339 e. The van der Waals surface area contributed by atoms with Crippen LogP contribution in [0.1, 0.15) is 57.4 Å². The van der Waals surface area contributed by atoms with Gasteiger partial charge in [-0.3, -0.25) is 4.79 Å². The van der Waals surface area contributed by atoms with E-state index >= 15 is 0 Å². The first-order chi connectivity index (χ1) is 9.27. The summed E-state index contributed by atoms with van der Waals surface area (Å²) < 4.78 is 0. The highest BCUT2D eigenvalue weighted by molar-refractivity contribution is 5.84. The van der Waals surface area contributed by atoms with Gasteiger partial charge in [0.05, 0.1) is 5.92 Å². The Morgan fingerprint density at radius 3 is 2.63 bits per heavy atom. The number of likely N-dealkylation sites (tertiary alicyclic amines) is 1. The van der Waals surface area contributed by atoms with Crippen LogP contribution in [0.3, 0.4) is 0 Å². The van der Waals surface area contributed by atoms with E-state index in [9.17, 15) is 4.79 Å². The molecular formula is C17H25NO. The maximum absolute atomic E-state index is 12.8. The molecule has 0 bridgehead atoms. The third-order valence-electron chi connectivity index (χ3n) is 4.29. The molecule has 1 saturated heterocycles. The largest absolute Gasteiger partial charge is 0.339 e. The summed E-state index contributed by atoms with van der Waals surface area (Å²) in [6.07, 6.45) is 5.57. The van der Waals surface area contributed by atoms with E-state index in [1.54, 1.807) is 0 Å². The van der Waals surface area contributed by atoms with Gasteiger partial charge >= 0.3 is 0 Å². The number of carbonyl (C=O) groups is 1. The summed E-state index contributed by atoms with van der Waals surface area (Å²) in [7, 11) is 0. The monoisotopic (exact) mass is 259 g/mol. The number of hydrogen-bond donors (Lipinski definition) is 0. The molecule has 0 N–H and O–H groups in total. The summed E-state index contributed by atoms with van der Waals surface area (Å²) in [6, 6.07) is 10.7. The lowest BCUT2D eigenvalue weighted by Gasteiger charge is -2.37. The minimum absolute atomic E-state index is 0.0355. The van der Waals surface area contributed by atoms with Crippen molar-refractivity contribution in [2.75, 3.05) is 6.54 Å². The minimum atomic E-state index is 0.0355. The average Bonchev–Trinajstić information content (AvgIpc) is 2.49. The van der Waals surface area contributed by atoms with Crippen LogP contribution in [-0.4, -0.2) is 23.4 Å². The van der Waals surface area contributed by atoms with Crippen LogP contribution in [0, 0.1) is 0 Å². The summed E-state index contributed by atoms with van der Waals surface area (Å²) in [5, 5.41) is 0. The second-order valence-electron chi connectivity index (χ2n) is 5.46. The molecule has 2 atom stereocenters. The Kier molecular flexibility index (Phi) is 5.00. The van der Waals surface area contributed by atoms with Crippen molar-refractivity contribution in [1.82, 2.24) is 4.90 Å². The number of piperidine rings is 1. The van der Waals surface area contributed by atoms with Gasteiger partial charge in [0.25, 0.3) is 0 Å². The average molecular weight is 259 g/mol. The molecule has 0 unspecified atom stereocenters. The standard InChI is InChI=1S/C17H25NO/c1-3-15-12-8-9-13-18(15)17(19)16(4-2)14-10-6-5-7-11-14/h5-7,10-11,15-16H,3-4,8-9,12-13H2,1-2H3/t15-,16-/m1/s1. The van der Waals surface area contributed by atoms with Crippen molar-refractivity contribution in [3.05, 3.63) is 35.9 Å². The summed E-state index contributed by atoms with van der Waals surface area (Å²) in [4.78, 5) is 15.0. The molecule has 0 saturated carbocycles. The molecule has 2 rings (SSSR count). The molecule has 1 fully saturated rings. The van der Waals surface area contributed by atoms with Gasteiger partial charge in [-0.25, -0.2) is 0 Å². The van der Waals surface area contributed by atoms with Gasteiger partial charge in [-0.05, 0) is 37.7 Å². The lowest BCUT2D eigenvalue weighted by Crippen LogP contribution is -2.45. The maximum Gasteiger partial charge on any atom is 0.230 e. The fourth-order valence-corrected chi connectivity index (χ4v) is 3.15. The van der Waals surface area contributed by atoms with Gasteiger partial charge in [0.1, 0.15) is 0 Å². The van der Waals surface area contributed by atoms with E-state index in [1.165, 1.54) is 12.8 Å². The van der Waals surface area contributed by atoms with Crippen LogP contribution in [0.5, 0.6) is 0 Å². The molecule has 0 spiro atoms. The summed E-state index contributed by atoms with van der Waals surface area (Å²) in [5.74, 6) is 0.369. The number of carbonyl (C=O) groups excluding carboxylic acids is 1. The smallest absolute Gasteiger partial charge is 0.230 e. The molecule has 1 aromatic rings. The Morgan fingerprint density at radius 1 is 1.26 bits per heavy atom. The maximum atomic E-state index is 12.8. The topological polar surface area (TPSA) is 20.3 Å². The highest BCUT2D eigenvalue weighted by atomic mass is 16.2. The number of nitrogens with zero attached hydrogens (tertiary/aromatic N) is 1. The van der Waals surface area contributed by atoms with Crippen molar-refractivity contribution < 1.29 is 4.79 Å². The van der Waals surface area contributed by atoms with Crippen molar-refractivity contribution in [2.45, 2.75) is 57.9 Å². The summed E-state index contributed by atoms with van der Waals surface area (Å²) >= 11 is 0. The zero-order chi connectivity index (χ0) is 13.7. The second kappa shape index (κ2) is 6.74. The van der Waals surface area contributed by atoms with Crippen LogP contribution in [0.25, 0.3) is 0 Å². The highest BCUT2D eigenvalue weighted by Crippen LogP contribution is 2.27. The van der Waals surface area contributed by atoms with E-state index in [0.717, 1.165) is 31.4 Å². The molecule has 1 aliphatic rings. The SMILES string of the molecule is CC[C@@H]1CCCCN1C(=O)[C@H](CC)c1ccccc1. The van der Waals surface area contributed by atoms with Gasteiger partial charge in [-0.15, -0.1) is 0 Å². The van der Waals surface area contributed by atoms with Gasteiger partial charge in [0.2, 0.25) is 5.91 Å². The zero-order valence-electron chi connectivity index (χ0n) is 12.1.